The molecule has 3 N–H and O–H groups in total. The van der Waals surface area contributed by atoms with Gasteiger partial charge in [-0.3, -0.25) is 4.79 Å². The van der Waals surface area contributed by atoms with Gasteiger partial charge in [0.05, 0.1) is 18.3 Å². The summed E-state index contributed by atoms with van der Waals surface area (Å²) in [6.45, 7) is 9.04. The first-order valence-electron chi connectivity index (χ1n) is 15.2. The van der Waals surface area contributed by atoms with E-state index < -0.39 is 0 Å². The third-order valence-electron chi connectivity index (χ3n) is 12.6. The van der Waals surface area contributed by atoms with Gasteiger partial charge in [-0.25, -0.2) is 0 Å². The zero-order valence-corrected chi connectivity index (χ0v) is 23.3. The monoisotopic (exact) mass is 504 g/mol. The molecule has 5 saturated carbocycles. The molecule has 5 aliphatic rings. The molecule has 206 valence electrons. The average molecular weight is 505 g/mol. The molecule has 0 bridgehead atoms. The lowest BCUT2D eigenvalue weighted by molar-refractivity contribution is -0.207. The van der Waals surface area contributed by atoms with Gasteiger partial charge in [0.25, 0.3) is 0 Å². The highest BCUT2D eigenvalue weighted by atomic mass is 16.6. The molecule has 0 aromatic heterocycles. The Hall–Kier alpha value is -0.650. The first kappa shape index (κ1) is 26.9. The number of ether oxygens (including phenoxy) is 1. The number of aliphatic hydroxyl groups is 3. The predicted octanol–water partition coefficient (Wildman–Crippen LogP) is 5.63. The van der Waals surface area contributed by atoms with Crippen molar-refractivity contribution in [3.63, 3.8) is 0 Å². The Balaban J connectivity index is 1.26. The highest BCUT2D eigenvalue weighted by Crippen LogP contribution is 2.68. The standard InChI is InChI=1S/C31H52O5/c1-19(8-11-27(35)36-29(2)13-6-5-7-14-29)22-9-10-23-28-24(18-26(34)31(22,23)4)30(3)15-12-21(32)16-20(30)17-25(28)33/h19-26,28,32-34H,5-18H2,1-4H3/t19-,20?,21-,22?,23?,24?,25?,26+,28?,30+,31-/m1/s1. The second-order valence-corrected chi connectivity index (χ2v) is 14.5. The Morgan fingerprint density at radius 1 is 0.917 bits per heavy atom. The third kappa shape index (κ3) is 4.47. The second kappa shape index (κ2) is 9.83. The number of esters is 1. The number of rotatable bonds is 5. The normalized spacial score (nSPS) is 48.9. The van der Waals surface area contributed by atoms with Gasteiger partial charge in [0.15, 0.2) is 0 Å². The molecular weight excluding hydrogens is 452 g/mol. The fourth-order valence-corrected chi connectivity index (χ4v) is 10.4. The smallest absolute Gasteiger partial charge is 0.306 e. The van der Waals surface area contributed by atoms with Crippen molar-refractivity contribution in [3.05, 3.63) is 0 Å². The lowest BCUT2D eigenvalue weighted by Crippen LogP contribution is -2.62. The highest BCUT2D eigenvalue weighted by Gasteiger charge is 2.65. The first-order chi connectivity index (χ1) is 17.0. The lowest BCUT2D eigenvalue weighted by atomic mass is 9.43. The number of fused-ring (bicyclic) bond motifs is 5. The molecule has 36 heavy (non-hydrogen) atoms. The van der Waals surface area contributed by atoms with Crippen LogP contribution in [-0.4, -0.2) is 45.2 Å². The van der Waals surface area contributed by atoms with E-state index >= 15 is 0 Å². The maximum atomic E-state index is 12.8. The third-order valence-corrected chi connectivity index (χ3v) is 12.6. The molecule has 5 nitrogen and oxygen atoms in total. The molecule has 0 radical (unpaired) electrons. The lowest BCUT2D eigenvalue weighted by Gasteiger charge is -2.63. The van der Waals surface area contributed by atoms with Crippen LogP contribution in [0, 0.1) is 46.3 Å². The van der Waals surface area contributed by atoms with Crippen molar-refractivity contribution in [2.45, 2.75) is 141 Å². The summed E-state index contributed by atoms with van der Waals surface area (Å²) in [4.78, 5) is 12.8. The van der Waals surface area contributed by atoms with Crippen molar-refractivity contribution in [1.29, 1.82) is 0 Å². The van der Waals surface area contributed by atoms with Crippen LogP contribution in [0.4, 0.5) is 0 Å². The van der Waals surface area contributed by atoms with E-state index in [1.54, 1.807) is 0 Å². The van der Waals surface area contributed by atoms with Crippen LogP contribution in [0.2, 0.25) is 0 Å². The number of carbonyl (C=O) groups excluding carboxylic acids is 1. The molecule has 0 amide bonds. The fraction of sp³-hybridized carbons (Fsp3) is 0.968. The summed E-state index contributed by atoms with van der Waals surface area (Å²) < 4.78 is 5.96. The molecule has 5 fully saturated rings. The summed E-state index contributed by atoms with van der Waals surface area (Å²) in [7, 11) is 0. The summed E-state index contributed by atoms with van der Waals surface area (Å²) in [5, 5.41) is 33.5. The van der Waals surface area contributed by atoms with E-state index in [2.05, 4.69) is 27.7 Å². The van der Waals surface area contributed by atoms with Crippen molar-refractivity contribution in [3.8, 4) is 0 Å². The molecule has 0 aromatic carbocycles. The van der Waals surface area contributed by atoms with Gasteiger partial charge < -0.3 is 20.1 Å². The number of carbonyl (C=O) groups is 1. The van der Waals surface area contributed by atoms with Crippen molar-refractivity contribution in [2.24, 2.45) is 46.3 Å². The number of aliphatic hydroxyl groups excluding tert-OH is 3. The molecule has 0 aromatic rings. The Kier molecular flexibility index (Phi) is 7.35. The van der Waals surface area contributed by atoms with Gasteiger partial charge in [0.1, 0.15) is 5.60 Å². The van der Waals surface area contributed by atoms with Gasteiger partial charge in [0, 0.05) is 6.42 Å². The van der Waals surface area contributed by atoms with Crippen molar-refractivity contribution >= 4 is 5.97 Å². The minimum absolute atomic E-state index is 0.0589. The van der Waals surface area contributed by atoms with Crippen LogP contribution in [0.1, 0.15) is 118 Å². The number of hydrogen-bond acceptors (Lipinski definition) is 5. The van der Waals surface area contributed by atoms with E-state index in [1.807, 2.05) is 0 Å². The summed E-state index contributed by atoms with van der Waals surface area (Å²) in [6, 6.07) is 0. The number of hydrogen-bond donors (Lipinski definition) is 3. The van der Waals surface area contributed by atoms with E-state index in [4.69, 9.17) is 4.74 Å². The van der Waals surface area contributed by atoms with Crippen LogP contribution in [0.25, 0.3) is 0 Å². The minimum Gasteiger partial charge on any atom is -0.459 e. The SMILES string of the molecule is C[C@H](CCC(=O)OC1(C)CCCCC1)C1CCC2C3C(O)CC4C[C@H](O)CC[C@]4(C)C3C[C@H](O)[C@@]21C. The van der Waals surface area contributed by atoms with Crippen LogP contribution in [0.3, 0.4) is 0 Å². The van der Waals surface area contributed by atoms with Gasteiger partial charge in [-0.1, -0.05) is 27.2 Å². The Morgan fingerprint density at radius 2 is 1.64 bits per heavy atom. The van der Waals surface area contributed by atoms with E-state index in [-0.39, 0.29) is 46.6 Å². The zero-order valence-electron chi connectivity index (χ0n) is 23.3. The average Bonchev–Trinajstić information content (AvgIpc) is 3.18. The molecule has 11 atom stereocenters. The summed E-state index contributed by atoms with van der Waals surface area (Å²) in [5.41, 5.74) is -0.385. The molecule has 5 rings (SSSR count). The maximum absolute atomic E-state index is 12.8. The van der Waals surface area contributed by atoms with Gasteiger partial charge in [-0.2, -0.15) is 0 Å². The van der Waals surface area contributed by atoms with E-state index in [0.717, 1.165) is 77.0 Å². The van der Waals surface area contributed by atoms with Crippen LogP contribution in [-0.2, 0) is 9.53 Å². The molecule has 5 heteroatoms. The van der Waals surface area contributed by atoms with Crippen LogP contribution >= 0.6 is 0 Å². The Bertz CT molecular complexity index is 807. The molecule has 0 saturated heterocycles. The fourth-order valence-electron chi connectivity index (χ4n) is 10.4. The molecule has 5 aliphatic carbocycles. The highest BCUT2D eigenvalue weighted by molar-refractivity contribution is 5.69. The molecule has 0 spiro atoms. The molecule has 0 aliphatic heterocycles. The Labute approximate surface area is 218 Å². The molecule has 6 unspecified atom stereocenters. The van der Waals surface area contributed by atoms with Gasteiger partial charge in [0.2, 0.25) is 0 Å². The minimum atomic E-state index is -0.374. The van der Waals surface area contributed by atoms with Crippen molar-refractivity contribution < 1.29 is 24.9 Å². The molecule has 0 heterocycles. The largest absolute Gasteiger partial charge is 0.459 e. The van der Waals surface area contributed by atoms with Crippen LogP contribution < -0.4 is 0 Å². The van der Waals surface area contributed by atoms with Crippen molar-refractivity contribution in [1.82, 2.24) is 0 Å². The van der Waals surface area contributed by atoms with E-state index in [0.29, 0.717) is 36.0 Å². The summed E-state index contributed by atoms with van der Waals surface area (Å²) >= 11 is 0. The molecular formula is C31H52O5. The summed E-state index contributed by atoms with van der Waals surface area (Å²) in [5.74, 6) is 1.88. The predicted molar refractivity (Wildman–Crippen MR) is 140 cm³/mol. The van der Waals surface area contributed by atoms with Gasteiger partial charge in [-0.05, 0) is 130 Å². The maximum Gasteiger partial charge on any atom is 0.306 e. The van der Waals surface area contributed by atoms with Crippen molar-refractivity contribution in [2.75, 3.05) is 0 Å². The quantitative estimate of drug-likeness (QED) is 0.422. The van der Waals surface area contributed by atoms with E-state index in [9.17, 15) is 20.1 Å². The van der Waals surface area contributed by atoms with E-state index in [1.165, 1.54) is 6.42 Å². The Morgan fingerprint density at radius 3 is 2.36 bits per heavy atom. The van der Waals surface area contributed by atoms with Crippen LogP contribution in [0.15, 0.2) is 0 Å². The summed E-state index contributed by atoms with van der Waals surface area (Å²) in [6.07, 6.45) is 12.1. The van der Waals surface area contributed by atoms with Gasteiger partial charge in [-0.15, -0.1) is 0 Å². The van der Waals surface area contributed by atoms with Gasteiger partial charge >= 0.3 is 5.97 Å². The zero-order chi connectivity index (χ0) is 25.9. The second-order valence-electron chi connectivity index (χ2n) is 14.5. The topological polar surface area (TPSA) is 87.0 Å². The first-order valence-corrected chi connectivity index (χ1v) is 15.2. The van der Waals surface area contributed by atoms with Crippen LogP contribution in [0.5, 0.6) is 0 Å².